The van der Waals surface area contributed by atoms with Crippen molar-refractivity contribution in [3.05, 3.63) is 36.4 Å². The maximum absolute atomic E-state index is 5.22. The maximum Gasteiger partial charge on any atom is 0.191 e. The van der Waals surface area contributed by atoms with Crippen LogP contribution in [-0.2, 0) is 9.47 Å². The molecule has 0 aliphatic carbocycles. The molecule has 2 aromatic rings. The SMILES string of the molecule is COC(OC)C(C)Nc1ccc(-c2coc(C)n2)cc1. The standard InChI is InChI=1S/C15H20N2O3/c1-10(15(18-3)19-4)16-13-7-5-12(6-8-13)14-9-20-11(2)17-14/h5-10,15-16H,1-4H3. The molecule has 1 aromatic carbocycles. The van der Waals surface area contributed by atoms with Crippen molar-refractivity contribution in [3.8, 4) is 11.3 Å². The van der Waals surface area contributed by atoms with Gasteiger partial charge >= 0.3 is 0 Å². The van der Waals surface area contributed by atoms with E-state index in [9.17, 15) is 0 Å². The number of oxazole rings is 1. The summed E-state index contributed by atoms with van der Waals surface area (Å²) in [5.74, 6) is 0.666. The van der Waals surface area contributed by atoms with E-state index >= 15 is 0 Å². The van der Waals surface area contributed by atoms with Crippen molar-refractivity contribution in [1.29, 1.82) is 0 Å². The molecule has 1 N–H and O–H groups in total. The molecule has 1 aromatic heterocycles. The van der Waals surface area contributed by atoms with Gasteiger partial charge in [-0.05, 0) is 19.1 Å². The third-order valence-electron chi connectivity index (χ3n) is 3.07. The van der Waals surface area contributed by atoms with E-state index in [-0.39, 0.29) is 12.3 Å². The minimum Gasteiger partial charge on any atom is -0.449 e. The number of methoxy groups -OCH3 is 2. The Bertz CT molecular complexity index is 532. The monoisotopic (exact) mass is 276 g/mol. The van der Waals surface area contributed by atoms with Gasteiger partial charge in [-0.15, -0.1) is 0 Å². The quantitative estimate of drug-likeness (QED) is 0.822. The minimum atomic E-state index is -0.284. The van der Waals surface area contributed by atoms with Gasteiger partial charge in [-0.1, -0.05) is 12.1 Å². The molecule has 0 saturated heterocycles. The van der Waals surface area contributed by atoms with Crippen molar-refractivity contribution in [2.45, 2.75) is 26.2 Å². The maximum atomic E-state index is 5.22. The fraction of sp³-hybridized carbons (Fsp3) is 0.400. The summed E-state index contributed by atoms with van der Waals surface area (Å²) in [6.07, 6.45) is 1.37. The molecule has 20 heavy (non-hydrogen) atoms. The first kappa shape index (κ1) is 14.6. The average molecular weight is 276 g/mol. The Morgan fingerprint density at radius 2 is 1.80 bits per heavy atom. The molecule has 2 rings (SSSR count). The van der Waals surface area contributed by atoms with Gasteiger partial charge < -0.3 is 19.2 Å². The molecule has 1 atom stereocenters. The molecule has 108 valence electrons. The lowest BCUT2D eigenvalue weighted by Gasteiger charge is -2.23. The zero-order valence-corrected chi connectivity index (χ0v) is 12.2. The van der Waals surface area contributed by atoms with Crippen LogP contribution in [0.2, 0.25) is 0 Å². The summed E-state index contributed by atoms with van der Waals surface area (Å²) in [5, 5.41) is 3.33. The van der Waals surface area contributed by atoms with Gasteiger partial charge in [0.05, 0.1) is 6.04 Å². The van der Waals surface area contributed by atoms with Gasteiger partial charge in [-0.3, -0.25) is 0 Å². The van der Waals surface area contributed by atoms with Gasteiger partial charge in [0.2, 0.25) is 0 Å². The summed E-state index contributed by atoms with van der Waals surface area (Å²) in [6, 6.07) is 8.04. The number of hydrogen-bond acceptors (Lipinski definition) is 5. The van der Waals surface area contributed by atoms with Crippen molar-refractivity contribution in [3.63, 3.8) is 0 Å². The molecule has 1 heterocycles. The number of nitrogens with one attached hydrogen (secondary N) is 1. The van der Waals surface area contributed by atoms with Crippen LogP contribution in [0.4, 0.5) is 5.69 Å². The van der Waals surface area contributed by atoms with Gasteiger partial charge in [0.1, 0.15) is 12.0 Å². The van der Waals surface area contributed by atoms with Crippen molar-refractivity contribution in [2.75, 3.05) is 19.5 Å². The van der Waals surface area contributed by atoms with Gasteiger partial charge in [-0.25, -0.2) is 4.98 Å². The van der Waals surface area contributed by atoms with Gasteiger partial charge in [0.25, 0.3) is 0 Å². The zero-order valence-electron chi connectivity index (χ0n) is 12.2. The number of hydrogen-bond donors (Lipinski definition) is 1. The highest BCUT2D eigenvalue weighted by atomic mass is 16.7. The fourth-order valence-electron chi connectivity index (χ4n) is 2.07. The van der Waals surface area contributed by atoms with E-state index in [1.54, 1.807) is 20.5 Å². The third-order valence-corrected chi connectivity index (χ3v) is 3.07. The third kappa shape index (κ3) is 3.37. The lowest BCUT2D eigenvalue weighted by atomic mass is 10.1. The number of rotatable bonds is 6. The lowest BCUT2D eigenvalue weighted by Crippen LogP contribution is -2.33. The van der Waals surface area contributed by atoms with E-state index in [0.29, 0.717) is 5.89 Å². The molecule has 0 fully saturated rings. The van der Waals surface area contributed by atoms with Crippen LogP contribution in [0.15, 0.2) is 34.9 Å². The molecule has 5 nitrogen and oxygen atoms in total. The van der Waals surface area contributed by atoms with Crippen molar-refractivity contribution < 1.29 is 13.9 Å². The normalized spacial score (nSPS) is 12.7. The molecule has 0 bridgehead atoms. The molecule has 0 aliphatic heterocycles. The second-order valence-corrected chi connectivity index (χ2v) is 4.60. The van der Waals surface area contributed by atoms with E-state index in [1.807, 2.05) is 38.1 Å². The van der Waals surface area contributed by atoms with E-state index in [1.165, 1.54) is 0 Å². The van der Waals surface area contributed by atoms with Crippen LogP contribution in [0.5, 0.6) is 0 Å². The molecular weight excluding hydrogens is 256 g/mol. The van der Waals surface area contributed by atoms with E-state index in [2.05, 4.69) is 10.3 Å². The van der Waals surface area contributed by atoms with Crippen molar-refractivity contribution in [1.82, 2.24) is 4.98 Å². The summed E-state index contributed by atoms with van der Waals surface area (Å²) in [6.45, 7) is 3.84. The Morgan fingerprint density at radius 3 is 2.30 bits per heavy atom. The van der Waals surface area contributed by atoms with Crippen LogP contribution >= 0.6 is 0 Å². The highest BCUT2D eigenvalue weighted by molar-refractivity contribution is 5.61. The number of aromatic nitrogens is 1. The number of anilines is 1. The lowest BCUT2D eigenvalue weighted by molar-refractivity contribution is -0.109. The van der Waals surface area contributed by atoms with Crippen LogP contribution in [-0.4, -0.2) is 31.5 Å². The summed E-state index contributed by atoms with van der Waals surface area (Å²) in [5.41, 5.74) is 2.87. The van der Waals surface area contributed by atoms with Crippen LogP contribution < -0.4 is 5.32 Å². The zero-order chi connectivity index (χ0) is 14.5. The number of benzene rings is 1. The molecule has 0 saturated carbocycles. The number of nitrogens with zero attached hydrogens (tertiary/aromatic N) is 1. The molecule has 0 spiro atoms. The largest absolute Gasteiger partial charge is 0.449 e. The van der Waals surface area contributed by atoms with E-state index in [4.69, 9.17) is 13.9 Å². The van der Waals surface area contributed by atoms with Crippen LogP contribution in [0.1, 0.15) is 12.8 Å². The molecule has 1 unspecified atom stereocenters. The van der Waals surface area contributed by atoms with Gasteiger partial charge in [0, 0.05) is 32.4 Å². The van der Waals surface area contributed by atoms with Crippen LogP contribution in [0.25, 0.3) is 11.3 Å². The molecule has 5 heteroatoms. The van der Waals surface area contributed by atoms with Gasteiger partial charge in [0.15, 0.2) is 12.2 Å². The second kappa shape index (κ2) is 6.54. The smallest absolute Gasteiger partial charge is 0.191 e. The summed E-state index contributed by atoms with van der Waals surface area (Å²) < 4.78 is 15.7. The van der Waals surface area contributed by atoms with E-state index < -0.39 is 0 Å². The summed E-state index contributed by atoms with van der Waals surface area (Å²) in [7, 11) is 3.25. The minimum absolute atomic E-state index is 0.0464. The molecule has 0 aliphatic rings. The van der Waals surface area contributed by atoms with Gasteiger partial charge in [-0.2, -0.15) is 0 Å². The first-order valence-corrected chi connectivity index (χ1v) is 6.48. The highest BCUT2D eigenvalue weighted by Crippen LogP contribution is 2.21. The Hall–Kier alpha value is -1.85. The molecular formula is C15H20N2O3. The first-order chi connectivity index (χ1) is 9.63. The number of aryl methyl sites for hydroxylation is 1. The average Bonchev–Trinajstić information content (AvgIpc) is 2.87. The number of ether oxygens (including phenoxy) is 2. The Labute approximate surface area is 118 Å². The van der Waals surface area contributed by atoms with Crippen molar-refractivity contribution in [2.24, 2.45) is 0 Å². The highest BCUT2D eigenvalue weighted by Gasteiger charge is 2.15. The second-order valence-electron chi connectivity index (χ2n) is 4.60. The summed E-state index contributed by atoms with van der Waals surface area (Å²) >= 11 is 0. The first-order valence-electron chi connectivity index (χ1n) is 6.48. The predicted molar refractivity (Wildman–Crippen MR) is 77.6 cm³/mol. The Kier molecular flexibility index (Phi) is 4.76. The molecule has 0 radical (unpaired) electrons. The van der Waals surface area contributed by atoms with Crippen molar-refractivity contribution >= 4 is 5.69 Å². The Balaban J connectivity index is 2.05. The Morgan fingerprint density at radius 1 is 1.15 bits per heavy atom. The topological polar surface area (TPSA) is 56.5 Å². The van der Waals surface area contributed by atoms with Crippen LogP contribution in [0.3, 0.4) is 0 Å². The fourth-order valence-corrected chi connectivity index (χ4v) is 2.07. The predicted octanol–water partition coefficient (Wildman–Crippen LogP) is 3.07. The van der Waals surface area contributed by atoms with E-state index in [0.717, 1.165) is 16.9 Å². The summed E-state index contributed by atoms with van der Waals surface area (Å²) in [4.78, 5) is 4.30. The molecule has 0 amide bonds. The van der Waals surface area contributed by atoms with Crippen LogP contribution in [0, 0.1) is 6.92 Å².